The van der Waals surface area contributed by atoms with Gasteiger partial charge in [-0.2, -0.15) is 0 Å². The summed E-state index contributed by atoms with van der Waals surface area (Å²) in [4.78, 5) is 17.5. The van der Waals surface area contributed by atoms with Gasteiger partial charge in [0, 0.05) is 17.3 Å². The Morgan fingerprint density at radius 3 is 2.35 bits per heavy atom. The largest absolute Gasteiger partial charge is 0.493 e. The van der Waals surface area contributed by atoms with E-state index in [4.69, 9.17) is 9.47 Å². The Balaban J connectivity index is 1.67. The fraction of sp³-hybridized carbons (Fsp3) is 0.125. The lowest BCUT2D eigenvalue weighted by molar-refractivity contribution is 0.101. The smallest absolute Gasteiger partial charge is 0.295 e. The number of nitrogens with zero attached hydrogens (tertiary/aromatic N) is 3. The second-order valence-corrected chi connectivity index (χ2v) is 6.63. The van der Waals surface area contributed by atoms with E-state index in [1.807, 2.05) is 67.6 Å². The molecule has 0 bridgehead atoms. The molecule has 0 aliphatic heterocycles. The van der Waals surface area contributed by atoms with Crippen molar-refractivity contribution in [2.75, 3.05) is 19.0 Å². The van der Waals surface area contributed by atoms with Gasteiger partial charge in [0.1, 0.15) is 0 Å². The Kier molecular flexibility index (Phi) is 5.93. The highest BCUT2D eigenvalue weighted by molar-refractivity contribution is 6.02. The first kappa shape index (κ1) is 20.2. The van der Waals surface area contributed by atoms with Crippen LogP contribution in [0.1, 0.15) is 17.5 Å². The topological polar surface area (TPSA) is 78.3 Å². The number of nitrogens with one attached hydrogen (secondary N) is 1. The van der Waals surface area contributed by atoms with Crippen LogP contribution in [0.15, 0.2) is 78.9 Å². The summed E-state index contributed by atoms with van der Waals surface area (Å²) >= 11 is 0. The molecule has 0 spiro atoms. The lowest BCUT2D eigenvalue weighted by Gasteiger charge is -2.11. The first-order valence-corrected chi connectivity index (χ1v) is 9.89. The number of carbonyl (C=O) groups is 1. The van der Waals surface area contributed by atoms with Crippen LogP contribution in [0.5, 0.6) is 11.5 Å². The van der Waals surface area contributed by atoms with Crippen molar-refractivity contribution in [1.29, 1.82) is 0 Å². The molecule has 7 nitrogen and oxygen atoms in total. The maximum atomic E-state index is 12.9. The SMILES string of the molecule is CCOc1ccc(NC(=O)c2nc(-c3ccccc3)n(-c3ccccc3)n2)cc1OC. The molecule has 3 aromatic carbocycles. The first-order chi connectivity index (χ1) is 15.2. The Morgan fingerprint density at radius 1 is 0.968 bits per heavy atom. The number of amides is 1. The lowest BCUT2D eigenvalue weighted by Crippen LogP contribution is -2.14. The van der Waals surface area contributed by atoms with Gasteiger partial charge < -0.3 is 14.8 Å². The number of carbonyl (C=O) groups excluding carboxylic acids is 1. The van der Waals surface area contributed by atoms with Crippen LogP contribution in [0.2, 0.25) is 0 Å². The third-order valence-corrected chi connectivity index (χ3v) is 4.56. The van der Waals surface area contributed by atoms with Crippen molar-refractivity contribution in [1.82, 2.24) is 14.8 Å². The number of ether oxygens (including phenoxy) is 2. The lowest BCUT2D eigenvalue weighted by atomic mass is 10.2. The Morgan fingerprint density at radius 2 is 1.68 bits per heavy atom. The van der Waals surface area contributed by atoms with Crippen LogP contribution in [-0.4, -0.2) is 34.4 Å². The Bertz CT molecular complexity index is 1120. The number of para-hydroxylation sites is 1. The van der Waals surface area contributed by atoms with Crippen molar-refractivity contribution in [2.24, 2.45) is 0 Å². The van der Waals surface area contributed by atoms with E-state index in [0.29, 0.717) is 29.6 Å². The van der Waals surface area contributed by atoms with E-state index in [2.05, 4.69) is 15.4 Å². The molecule has 4 rings (SSSR count). The zero-order valence-electron chi connectivity index (χ0n) is 17.3. The molecule has 1 aromatic heterocycles. The minimum absolute atomic E-state index is 0.0653. The van der Waals surface area contributed by atoms with Crippen molar-refractivity contribution >= 4 is 11.6 Å². The second-order valence-electron chi connectivity index (χ2n) is 6.63. The number of methoxy groups -OCH3 is 1. The predicted molar refractivity (Wildman–Crippen MR) is 119 cm³/mol. The number of hydrogen-bond donors (Lipinski definition) is 1. The van der Waals surface area contributed by atoms with E-state index < -0.39 is 5.91 Å². The molecule has 0 saturated heterocycles. The standard InChI is InChI=1S/C24H22N4O3/c1-3-31-20-15-14-18(16-21(20)30-2)25-24(29)22-26-23(17-10-6-4-7-11-17)28(27-22)19-12-8-5-9-13-19/h4-16H,3H2,1-2H3,(H,25,29). The summed E-state index contributed by atoms with van der Waals surface area (Å²) in [6.07, 6.45) is 0. The van der Waals surface area contributed by atoms with Gasteiger partial charge in [-0.05, 0) is 31.2 Å². The number of rotatable bonds is 7. The molecule has 0 fully saturated rings. The summed E-state index contributed by atoms with van der Waals surface area (Å²) in [5.74, 6) is 1.38. The van der Waals surface area contributed by atoms with Crippen LogP contribution in [0, 0.1) is 0 Å². The zero-order valence-corrected chi connectivity index (χ0v) is 17.3. The quantitative estimate of drug-likeness (QED) is 0.478. The summed E-state index contributed by atoms with van der Waals surface area (Å²) in [5, 5.41) is 7.31. The molecule has 31 heavy (non-hydrogen) atoms. The van der Waals surface area contributed by atoms with E-state index in [-0.39, 0.29) is 5.82 Å². The molecule has 1 N–H and O–H groups in total. The van der Waals surface area contributed by atoms with E-state index in [0.717, 1.165) is 11.3 Å². The summed E-state index contributed by atoms with van der Waals surface area (Å²) in [7, 11) is 1.55. The monoisotopic (exact) mass is 414 g/mol. The molecule has 0 radical (unpaired) electrons. The van der Waals surface area contributed by atoms with Crippen LogP contribution in [-0.2, 0) is 0 Å². The fourth-order valence-electron chi connectivity index (χ4n) is 3.14. The minimum Gasteiger partial charge on any atom is -0.493 e. The normalized spacial score (nSPS) is 10.5. The highest BCUT2D eigenvalue weighted by atomic mass is 16.5. The molecule has 0 saturated carbocycles. The van der Waals surface area contributed by atoms with Crippen LogP contribution < -0.4 is 14.8 Å². The third-order valence-electron chi connectivity index (χ3n) is 4.56. The molecule has 7 heteroatoms. The van der Waals surface area contributed by atoms with Gasteiger partial charge in [-0.25, -0.2) is 9.67 Å². The van der Waals surface area contributed by atoms with Crippen molar-refractivity contribution in [3.63, 3.8) is 0 Å². The maximum absolute atomic E-state index is 12.9. The number of anilines is 1. The summed E-state index contributed by atoms with van der Waals surface area (Å²) < 4.78 is 12.5. The van der Waals surface area contributed by atoms with Gasteiger partial charge in [-0.3, -0.25) is 4.79 Å². The average Bonchev–Trinajstić information content (AvgIpc) is 3.27. The fourth-order valence-corrected chi connectivity index (χ4v) is 3.14. The number of hydrogen-bond acceptors (Lipinski definition) is 5. The molecule has 0 aliphatic rings. The Hall–Kier alpha value is -4.13. The third kappa shape index (κ3) is 4.40. The van der Waals surface area contributed by atoms with Crippen LogP contribution in [0.25, 0.3) is 17.1 Å². The molecule has 156 valence electrons. The molecular formula is C24H22N4O3. The van der Waals surface area contributed by atoms with Crippen molar-refractivity contribution < 1.29 is 14.3 Å². The van der Waals surface area contributed by atoms with E-state index in [9.17, 15) is 4.79 Å². The molecule has 1 amide bonds. The van der Waals surface area contributed by atoms with Crippen molar-refractivity contribution in [3.8, 4) is 28.6 Å². The maximum Gasteiger partial charge on any atom is 0.295 e. The van der Waals surface area contributed by atoms with Gasteiger partial charge in [0.05, 0.1) is 19.4 Å². The molecule has 1 heterocycles. The first-order valence-electron chi connectivity index (χ1n) is 9.89. The molecule has 0 atom stereocenters. The van der Waals surface area contributed by atoms with Gasteiger partial charge in [0.2, 0.25) is 5.82 Å². The van der Waals surface area contributed by atoms with Crippen LogP contribution in [0.4, 0.5) is 5.69 Å². The van der Waals surface area contributed by atoms with Gasteiger partial charge >= 0.3 is 0 Å². The van der Waals surface area contributed by atoms with Crippen molar-refractivity contribution in [2.45, 2.75) is 6.92 Å². The molecule has 0 aliphatic carbocycles. The highest BCUT2D eigenvalue weighted by Crippen LogP contribution is 2.30. The highest BCUT2D eigenvalue weighted by Gasteiger charge is 2.19. The van der Waals surface area contributed by atoms with Gasteiger partial charge in [0.25, 0.3) is 5.91 Å². The van der Waals surface area contributed by atoms with Gasteiger partial charge in [0.15, 0.2) is 17.3 Å². The summed E-state index contributed by atoms with van der Waals surface area (Å²) in [5.41, 5.74) is 2.24. The number of benzene rings is 3. The van der Waals surface area contributed by atoms with Gasteiger partial charge in [-0.1, -0.05) is 48.5 Å². The predicted octanol–water partition coefficient (Wildman–Crippen LogP) is 4.59. The number of aromatic nitrogens is 3. The van der Waals surface area contributed by atoms with Crippen LogP contribution in [0.3, 0.4) is 0 Å². The van der Waals surface area contributed by atoms with E-state index >= 15 is 0 Å². The molecule has 0 unspecified atom stereocenters. The zero-order chi connectivity index (χ0) is 21.6. The average molecular weight is 414 g/mol. The second kappa shape index (κ2) is 9.13. The van der Waals surface area contributed by atoms with Crippen molar-refractivity contribution in [3.05, 3.63) is 84.7 Å². The Labute approximate surface area is 180 Å². The molecule has 4 aromatic rings. The van der Waals surface area contributed by atoms with E-state index in [1.54, 1.807) is 30.0 Å². The molecular weight excluding hydrogens is 392 g/mol. The minimum atomic E-state index is -0.418. The summed E-state index contributed by atoms with van der Waals surface area (Å²) in [6.45, 7) is 2.42. The van der Waals surface area contributed by atoms with E-state index in [1.165, 1.54) is 0 Å². The van der Waals surface area contributed by atoms with Crippen LogP contribution >= 0.6 is 0 Å². The van der Waals surface area contributed by atoms with Gasteiger partial charge in [-0.15, -0.1) is 5.10 Å². The summed E-state index contributed by atoms with van der Waals surface area (Å²) in [6, 6.07) is 24.4.